The van der Waals surface area contributed by atoms with Crippen molar-refractivity contribution in [2.24, 2.45) is 0 Å². The zero-order chi connectivity index (χ0) is 14.7. The lowest BCUT2D eigenvalue weighted by atomic mass is 10.0. The molecule has 20 heavy (non-hydrogen) atoms. The number of hydrogen-bond acceptors (Lipinski definition) is 6. The molecule has 2 heterocycles. The third-order valence-electron chi connectivity index (χ3n) is 3.61. The zero-order valence-corrected chi connectivity index (χ0v) is 11.8. The van der Waals surface area contributed by atoms with Gasteiger partial charge in [-0.05, 0) is 6.92 Å². The van der Waals surface area contributed by atoms with Crippen LogP contribution in [0, 0.1) is 6.92 Å². The molecule has 1 saturated heterocycles. The number of aryl methyl sites for hydroxylation is 1. The van der Waals surface area contributed by atoms with E-state index in [1.807, 2.05) is 0 Å². The van der Waals surface area contributed by atoms with Crippen molar-refractivity contribution in [2.45, 2.75) is 25.2 Å². The molecule has 7 nitrogen and oxygen atoms in total. The summed E-state index contributed by atoms with van der Waals surface area (Å²) in [6.07, 6.45) is 1.65. The number of amides is 1. The Hall–Kier alpha value is -1.57. The number of aliphatic hydroxyl groups is 1. The summed E-state index contributed by atoms with van der Waals surface area (Å²) in [7, 11) is 3.14. The molecule has 0 saturated carbocycles. The van der Waals surface area contributed by atoms with E-state index in [4.69, 9.17) is 9.47 Å². The fraction of sp³-hybridized carbons (Fsp3) is 0.615. The van der Waals surface area contributed by atoms with E-state index in [1.54, 1.807) is 14.0 Å². The Labute approximate surface area is 117 Å². The van der Waals surface area contributed by atoms with Gasteiger partial charge in [0.1, 0.15) is 18.5 Å². The maximum Gasteiger partial charge on any atom is 0.257 e. The number of rotatable bonds is 3. The van der Waals surface area contributed by atoms with E-state index in [-0.39, 0.29) is 12.5 Å². The summed E-state index contributed by atoms with van der Waals surface area (Å²) in [6, 6.07) is -0.458. The highest BCUT2D eigenvalue weighted by atomic mass is 16.5. The van der Waals surface area contributed by atoms with E-state index in [2.05, 4.69) is 9.97 Å². The number of nitrogens with zero attached hydrogens (tertiary/aromatic N) is 3. The van der Waals surface area contributed by atoms with Crippen molar-refractivity contribution < 1.29 is 19.4 Å². The molecule has 0 radical (unpaired) electrons. The molecule has 7 heteroatoms. The molecule has 1 aromatic heterocycles. The first-order valence-corrected chi connectivity index (χ1v) is 6.38. The number of aliphatic hydroxyl groups excluding tert-OH is 1. The Morgan fingerprint density at radius 3 is 2.95 bits per heavy atom. The summed E-state index contributed by atoms with van der Waals surface area (Å²) in [5, 5.41) is 10.2. The van der Waals surface area contributed by atoms with Crippen molar-refractivity contribution >= 4 is 5.91 Å². The fourth-order valence-corrected chi connectivity index (χ4v) is 2.24. The summed E-state index contributed by atoms with van der Waals surface area (Å²) in [6.45, 7) is 2.34. The van der Waals surface area contributed by atoms with Gasteiger partial charge in [-0.3, -0.25) is 4.79 Å². The first-order chi connectivity index (χ1) is 9.56. The van der Waals surface area contributed by atoms with Crippen molar-refractivity contribution in [1.29, 1.82) is 0 Å². The molecule has 1 N–H and O–H groups in total. The van der Waals surface area contributed by atoms with Crippen LogP contribution in [-0.4, -0.2) is 71.5 Å². The maximum atomic E-state index is 12.4. The fourth-order valence-electron chi connectivity index (χ4n) is 2.24. The van der Waals surface area contributed by atoms with Crippen LogP contribution >= 0.6 is 0 Å². The number of methoxy groups -OCH3 is 1. The lowest BCUT2D eigenvalue weighted by Crippen LogP contribution is -2.56. The molecule has 110 valence electrons. The highest BCUT2D eigenvalue weighted by Crippen LogP contribution is 2.18. The second kappa shape index (κ2) is 6.25. The third-order valence-corrected chi connectivity index (χ3v) is 3.61. The van der Waals surface area contributed by atoms with Crippen LogP contribution in [0.5, 0.6) is 0 Å². The molecular formula is C13H19N3O4. The minimum Gasteiger partial charge on any atom is -0.388 e. The molecule has 0 aromatic carbocycles. The maximum absolute atomic E-state index is 12.4. The number of hydrogen-bond donors (Lipinski definition) is 1. The van der Waals surface area contributed by atoms with Gasteiger partial charge < -0.3 is 19.5 Å². The first kappa shape index (κ1) is 14.8. The number of ether oxygens (including phenoxy) is 2. The second-order valence-electron chi connectivity index (χ2n) is 4.81. The molecule has 0 bridgehead atoms. The van der Waals surface area contributed by atoms with Gasteiger partial charge in [0.15, 0.2) is 0 Å². The SMILES string of the molecule is CO[C@@H]1COC[C@@H](N(C)C(=O)c2cncnc2C)[C@@H]1O. The van der Waals surface area contributed by atoms with Crippen LogP contribution in [0.4, 0.5) is 0 Å². The minimum atomic E-state index is -0.785. The molecule has 2 rings (SSSR count). The number of aromatic nitrogens is 2. The van der Waals surface area contributed by atoms with Gasteiger partial charge in [0.2, 0.25) is 0 Å². The van der Waals surface area contributed by atoms with Gasteiger partial charge in [-0.25, -0.2) is 9.97 Å². The number of carbonyl (C=O) groups excluding carboxylic acids is 1. The summed E-state index contributed by atoms with van der Waals surface area (Å²) in [5.74, 6) is -0.243. The Bertz CT molecular complexity index is 482. The standard InChI is InChI=1S/C13H19N3O4/c1-8-9(4-14-7-15-8)13(18)16(2)10-5-20-6-11(19-3)12(10)17/h4,7,10-12,17H,5-6H2,1-3H3/t10-,11-,12+/m1/s1. The molecule has 1 fully saturated rings. The lowest BCUT2D eigenvalue weighted by Gasteiger charge is -2.38. The van der Waals surface area contributed by atoms with E-state index >= 15 is 0 Å². The predicted octanol–water partition coefficient (Wildman–Crippen LogP) is -0.368. The van der Waals surface area contributed by atoms with Gasteiger partial charge in [-0.1, -0.05) is 0 Å². The van der Waals surface area contributed by atoms with Gasteiger partial charge in [0.25, 0.3) is 5.91 Å². The van der Waals surface area contributed by atoms with E-state index in [0.717, 1.165) is 0 Å². The molecule has 0 spiro atoms. The summed E-state index contributed by atoms with van der Waals surface area (Å²) in [4.78, 5) is 21.8. The monoisotopic (exact) mass is 281 g/mol. The largest absolute Gasteiger partial charge is 0.388 e. The Balaban J connectivity index is 2.16. The Kier molecular flexibility index (Phi) is 4.64. The van der Waals surface area contributed by atoms with Crippen molar-refractivity contribution in [1.82, 2.24) is 14.9 Å². The molecule has 0 aliphatic carbocycles. The van der Waals surface area contributed by atoms with Crippen molar-refractivity contribution in [3.63, 3.8) is 0 Å². The molecule has 3 atom stereocenters. The first-order valence-electron chi connectivity index (χ1n) is 6.38. The van der Waals surface area contributed by atoms with Crippen molar-refractivity contribution in [3.05, 3.63) is 23.8 Å². The smallest absolute Gasteiger partial charge is 0.257 e. The molecule has 0 unspecified atom stereocenters. The van der Waals surface area contributed by atoms with E-state index < -0.39 is 18.2 Å². The summed E-state index contributed by atoms with van der Waals surface area (Å²) in [5.41, 5.74) is 1.02. The van der Waals surface area contributed by atoms with Crippen LogP contribution in [0.2, 0.25) is 0 Å². The average Bonchev–Trinajstić information content (AvgIpc) is 2.46. The van der Waals surface area contributed by atoms with Crippen LogP contribution in [0.3, 0.4) is 0 Å². The van der Waals surface area contributed by atoms with Crippen molar-refractivity contribution in [2.75, 3.05) is 27.4 Å². The molecule has 1 aliphatic rings. The van der Waals surface area contributed by atoms with Gasteiger partial charge in [-0.15, -0.1) is 0 Å². The highest BCUT2D eigenvalue weighted by Gasteiger charge is 2.37. The summed E-state index contributed by atoms with van der Waals surface area (Å²) < 4.78 is 10.5. The van der Waals surface area contributed by atoms with E-state index in [1.165, 1.54) is 24.5 Å². The molecule has 1 aromatic rings. The summed E-state index contributed by atoms with van der Waals surface area (Å²) >= 11 is 0. The third kappa shape index (κ3) is 2.79. The molecule has 1 amide bonds. The van der Waals surface area contributed by atoms with Crippen LogP contribution in [0.25, 0.3) is 0 Å². The highest BCUT2D eigenvalue weighted by molar-refractivity contribution is 5.95. The second-order valence-corrected chi connectivity index (χ2v) is 4.81. The lowest BCUT2D eigenvalue weighted by molar-refractivity contribution is -0.135. The quantitative estimate of drug-likeness (QED) is 0.814. The Morgan fingerprint density at radius 1 is 1.55 bits per heavy atom. The minimum absolute atomic E-state index is 0.243. The topological polar surface area (TPSA) is 84.8 Å². The molecular weight excluding hydrogens is 262 g/mol. The predicted molar refractivity (Wildman–Crippen MR) is 70.3 cm³/mol. The normalized spacial score (nSPS) is 26.3. The van der Waals surface area contributed by atoms with Crippen LogP contribution in [0.15, 0.2) is 12.5 Å². The van der Waals surface area contributed by atoms with Gasteiger partial charge in [0.05, 0.1) is 30.5 Å². The van der Waals surface area contributed by atoms with Crippen molar-refractivity contribution in [3.8, 4) is 0 Å². The van der Waals surface area contributed by atoms with E-state index in [0.29, 0.717) is 17.9 Å². The number of carbonyl (C=O) groups is 1. The van der Waals surface area contributed by atoms with Crippen LogP contribution < -0.4 is 0 Å². The Morgan fingerprint density at radius 2 is 2.30 bits per heavy atom. The molecule has 1 aliphatic heterocycles. The van der Waals surface area contributed by atoms with Crippen LogP contribution in [0.1, 0.15) is 16.1 Å². The van der Waals surface area contributed by atoms with Gasteiger partial charge >= 0.3 is 0 Å². The number of likely N-dealkylation sites (N-methyl/N-ethyl adjacent to an activating group) is 1. The van der Waals surface area contributed by atoms with Gasteiger partial charge in [0, 0.05) is 20.4 Å². The van der Waals surface area contributed by atoms with E-state index in [9.17, 15) is 9.90 Å². The van der Waals surface area contributed by atoms with Gasteiger partial charge in [-0.2, -0.15) is 0 Å². The average molecular weight is 281 g/mol. The van der Waals surface area contributed by atoms with Crippen LogP contribution in [-0.2, 0) is 9.47 Å². The zero-order valence-electron chi connectivity index (χ0n) is 11.8.